The van der Waals surface area contributed by atoms with Crippen LogP contribution in [0.25, 0.3) is 0 Å². The Labute approximate surface area is 161 Å². The average molecular weight is 395 g/mol. The molecule has 0 unspecified atom stereocenters. The number of fused-ring (bicyclic) bond motifs is 3. The van der Waals surface area contributed by atoms with Crippen molar-refractivity contribution in [2.45, 2.75) is 42.5 Å². The number of carbonyl (C=O) groups is 3. The zero-order valence-electron chi connectivity index (χ0n) is 14.9. The molecule has 1 saturated heterocycles. The highest BCUT2D eigenvalue weighted by molar-refractivity contribution is 8.01. The van der Waals surface area contributed by atoms with Gasteiger partial charge in [-0.15, -0.1) is 11.8 Å². The topological polar surface area (TPSA) is 86.7 Å². The van der Waals surface area contributed by atoms with Crippen molar-refractivity contribution < 1.29 is 19.5 Å². The number of hydrogen-bond acceptors (Lipinski definition) is 5. The first-order valence-electron chi connectivity index (χ1n) is 8.39. The second-order valence-corrected chi connectivity index (χ2v) is 9.68. The molecule has 0 saturated carbocycles. The number of thioether (sulfide) groups is 2. The zero-order chi connectivity index (χ0) is 19.1. The van der Waals surface area contributed by atoms with Gasteiger partial charge in [0.1, 0.15) is 17.5 Å². The minimum absolute atomic E-state index is 0.167. The van der Waals surface area contributed by atoms with Crippen molar-refractivity contribution in [2.75, 3.05) is 12.0 Å². The van der Waals surface area contributed by atoms with Crippen LogP contribution in [0.3, 0.4) is 0 Å². The summed E-state index contributed by atoms with van der Waals surface area (Å²) in [7, 11) is 0. The predicted octanol–water partition coefficient (Wildman–Crippen LogP) is 2.36. The zero-order valence-corrected chi connectivity index (χ0v) is 16.5. The van der Waals surface area contributed by atoms with Crippen molar-refractivity contribution in [3.8, 4) is 0 Å². The summed E-state index contributed by atoms with van der Waals surface area (Å²) in [6.45, 7) is 3.85. The molecule has 26 heavy (non-hydrogen) atoms. The van der Waals surface area contributed by atoms with E-state index in [1.54, 1.807) is 22.7 Å². The van der Waals surface area contributed by atoms with E-state index in [1.807, 2.05) is 38.3 Å². The van der Waals surface area contributed by atoms with E-state index in [2.05, 4.69) is 5.32 Å². The summed E-state index contributed by atoms with van der Waals surface area (Å²) < 4.78 is -0.513. The van der Waals surface area contributed by atoms with Gasteiger partial charge in [-0.1, -0.05) is 18.2 Å². The number of rotatable bonds is 6. The molecule has 1 aromatic rings. The number of nitrogens with one attached hydrogen (secondary N) is 1. The highest BCUT2D eigenvalue weighted by Crippen LogP contribution is 2.56. The van der Waals surface area contributed by atoms with E-state index in [-0.39, 0.29) is 11.3 Å². The molecule has 1 fully saturated rings. The summed E-state index contributed by atoms with van der Waals surface area (Å²) in [5.41, 5.74) is 1.54. The summed E-state index contributed by atoms with van der Waals surface area (Å²) in [5.74, 6) is -0.987. The van der Waals surface area contributed by atoms with Crippen LogP contribution >= 0.6 is 23.5 Å². The van der Waals surface area contributed by atoms with E-state index in [9.17, 15) is 19.5 Å². The summed E-state index contributed by atoms with van der Waals surface area (Å²) in [5, 5.41) is 11.8. The van der Waals surface area contributed by atoms with Gasteiger partial charge in [0.15, 0.2) is 0 Å². The number of carboxylic acid groups (broad SMARTS) is 1. The van der Waals surface area contributed by atoms with E-state index >= 15 is 0 Å². The number of carboxylic acids is 1. The SMILES string of the molecule is CSCC[C@@H](NC(=O)[C@H]1N2C(=O)c3ccccc3[C@H]2SC1(C)C)C(=O)O. The Morgan fingerprint density at radius 2 is 2.08 bits per heavy atom. The molecule has 3 atom stereocenters. The molecule has 8 heteroatoms. The highest BCUT2D eigenvalue weighted by Gasteiger charge is 2.57. The maximum atomic E-state index is 13.0. The molecule has 0 bridgehead atoms. The van der Waals surface area contributed by atoms with Gasteiger partial charge in [-0.05, 0) is 43.9 Å². The van der Waals surface area contributed by atoms with Gasteiger partial charge in [0.05, 0.1) is 0 Å². The van der Waals surface area contributed by atoms with Gasteiger partial charge in [0.25, 0.3) is 5.91 Å². The molecule has 2 heterocycles. The lowest BCUT2D eigenvalue weighted by molar-refractivity contribution is -0.142. The second-order valence-electron chi connectivity index (χ2n) is 6.96. The fraction of sp³-hybridized carbons (Fsp3) is 0.500. The van der Waals surface area contributed by atoms with Crippen molar-refractivity contribution in [1.82, 2.24) is 10.2 Å². The fourth-order valence-electron chi connectivity index (χ4n) is 3.55. The Morgan fingerprint density at radius 1 is 1.38 bits per heavy atom. The fourth-order valence-corrected chi connectivity index (χ4v) is 5.61. The van der Waals surface area contributed by atoms with Crippen LogP contribution in [-0.4, -0.2) is 56.6 Å². The Kier molecular flexibility index (Phi) is 5.25. The van der Waals surface area contributed by atoms with Crippen LogP contribution in [0.2, 0.25) is 0 Å². The van der Waals surface area contributed by atoms with Gasteiger partial charge in [-0.2, -0.15) is 11.8 Å². The van der Waals surface area contributed by atoms with E-state index in [4.69, 9.17) is 0 Å². The first-order chi connectivity index (χ1) is 12.3. The van der Waals surface area contributed by atoms with Crippen LogP contribution in [0.1, 0.15) is 41.6 Å². The number of benzene rings is 1. The van der Waals surface area contributed by atoms with Crippen LogP contribution in [0, 0.1) is 0 Å². The molecule has 0 radical (unpaired) electrons. The Morgan fingerprint density at radius 3 is 2.73 bits per heavy atom. The first-order valence-corrected chi connectivity index (χ1v) is 10.7. The Bertz CT molecular complexity index is 752. The summed E-state index contributed by atoms with van der Waals surface area (Å²) in [6.07, 6.45) is 2.24. The van der Waals surface area contributed by atoms with Crippen molar-refractivity contribution in [1.29, 1.82) is 0 Å². The largest absolute Gasteiger partial charge is 0.480 e. The van der Waals surface area contributed by atoms with Crippen LogP contribution < -0.4 is 5.32 Å². The molecule has 0 aromatic heterocycles. The van der Waals surface area contributed by atoms with Gasteiger partial charge in [-0.3, -0.25) is 9.59 Å². The standard InChI is InChI=1S/C18H22N2O4S2/c1-18(2)13(14(21)19-12(17(23)24)8-9-25-3)20-15(22)10-6-4-5-7-11(10)16(20)26-18/h4-7,12-13,16H,8-9H2,1-3H3,(H,19,21)(H,23,24)/t12-,13-,16-/m1/s1. The lowest BCUT2D eigenvalue weighted by Gasteiger charge is -2.30. The molecule has 0 aliphatic carbocycles. The molecule has 2 aliphatic rings. The minimum Gasteiger partial charge on any atom is -0.480 e. The molecule has 140 valence electrons. The number of hydrogen-bond donors (Lipinski definition) is 2. The van der Waals surface area contributed by atoms with Crippen LogP contribution in [-0.2, 0) is 9.59 Å². The summed E-state index contributed by atoms with van der Waals surface area (Å²) in [4.78, 5) is 39.0. The molecule has 6 nitrogen and oxygen atoms in total. The van der Waals surface area contributed by atoms with Gasteiger partial charge in [0, 0.05) is 10.3 Å². The molecule has 2 aliphatic heterocycles. The van der Waals surface area contributed by atoms with E-state index in [0.717, 1.165) is 5.56 Å². The third kappa shape index (κ3) is 3.20. The smallest absolute Gasteiger partial charge is 0.326 e. The van der Waals surface area contributed by atoms with Crippen molar-refractivity contribution in [2.24, 2.45) is 0 Å². The third-order valence-corrected chi connectivity index (χ3v) is 6.95. The third-order valence-electron chi connectivity index (χ3n) is 4.77. The number of carbonyl (C=O) groups excluding carboxylic acids is 2. The second kappa shape index (κ2) is 7.15. The summed E-state index contributed by atoms with van der Waals surface area (Å²) >= 11 is 3.10. The van der Waals surface area contributed by atoms with Crippen molar-refractivity contribution in [3.05, 3.63) is 35.4 Å². The number of aliphatic carboxylic acids is 1. The Hall–Kier alpha value is -1.67. The Balaban J connectivity index is 1.86. The lowest BCUT2D eigenvalue weighted by Crippen LogP contribution is -2.55. The molecular formula is C18H22N2O4S2. The molecular weight excluding hydrogens is 372 g/mol. The number of amides is 2. The van der Waals surface area contributed by atoms with Crippen molar-refractivity contribution >= 4 is 41.3 Å². The maximum absolute atomic E-state index is 13.0. The van der Waals surface area contributed by atoms with Gasteiger partial charge >= 0.3 is 5.97 Å². The molecule has 2 amide bonds. The van der Waals surface area contributed by atoms with E-state index in [1.165, 1.54) is 11.8 Å². The first kappa shape index (κ1) is 19.1. The molecule has 1 aromatic carbocycles. The van der Waals surface area contributed by atoms with E-state index < -0.39 is 28.7 Å². The van der Waals surface area contributed by atoms with Crippen LogP contribution in [0.5, 0.6) is 0 Å². The predicted molar refractivity (Wildman–Crippen MR) is 103 cm³/mol. The minimum atomic E-state index is -1.05. The van der Waals surface area contributed by atoms with Gasteiger partial charge in [-0.25, -0.2) is 4.79 Å². The van der Waals surface area contributed by atoms with Crippen molar-refractivity contribution in [3.63, 3.8) is 0 Å². The quantitative estimate of drug-likeness (QED) is 0.770. The normalized spacial score (nSPS) is 24.1. The number of nitrogens with zero attached hydrogens (tertiary/aromatic N) is 1. The average Bonchev–Trinajstić information content (AvgIpc) is 3.01. The van der Waals surface area contributed by atoms with E-state index in [0.29, 0.717) is 17.7 Å². The maximum Gasteiger partial charge on any atom is 0.326 e. The van der Waals surface area contributed by atoms with Gasteiger partial charge < -0.3 is 15.3 Å². The summed E-state index contributed by atoms with van der Waals surface area (Å²) in [6, 6.07) is 5.73. The molecule has 0 spiro atoms. The highest BCUT2D eigenvalue weighted by atomic mass is 32.2. The molecule has 3 rings (SSSR count). The van der Waals surface area contributed by atoms with Gasteiger partial charge in [0.2, 0.25) is 5.91 Å². The molecule has 2 N–H and O–H groups in total. The van der Waals surface area contributed by atoms with Crippen LogP contribution in [0.15, 0.2) is 24.3 Å². The van der Waals surface area contributed by atoms with Crippen LogP contribution in [0.4, 0.5) is 0 Å². The lowest BCUT2D eigenvalue weighted by atomic mass is 10.00. The monoisotopic (exact) mass is 394 g/mol.